The van der Waals surface area contributed by atoms with Crippen molar-refractivity contribution in [1.29, 1.82) is 0 Å². The normalized spacial score (nSPS) is 31.5. The van der Waals surface area contributed by atoms with Crippen molar-refractivity contribution in [2.45, 2.75) is 37.3 Å². The lowest BCUT2D eigenvalue weighted by molar-refractivity contribution is -0.0437. The van der Waals surface area contributed by atoms with Gasteiger partial charge in [-0.15, -0.1) is 0 Å². The van der Waals surface area contributed by atoms with Crippen molar-refractivity contribution < 1.29 is 18.3 Å². The summed E-state index contributed by atoms with van der Waals surface area (Å²) in [6.45, 7) is 1.67. The molecule has 3 rings (SSSR count). The van der Waals surface area contributed by atoms with Crippen LogP contribution in [-0.2, 0) is 5.60 Å². The molecule has 2 aliphatic heterocycles. The number of piperidine rings is 1. The van der Waals surface area contributed by atoms with Crippen LogP contribution in [0.25, 0.3) is 0 Å². The van der Waals surface area contributed by atoms with Gasteiger partial charge in [-0.25, -0.2) is 13.2 Å². The van der Waals surface area contributed by atoms with Crippen LogP contribution in [0.15, 0.2) is 12.1 Å². The number of halogens is 3. The van der Waals surface area contributed by atoms with Gasteiger partial charge in [-0.2, -0.15) is 0 Å². The zero-order valence-electron chi connectivity index (χ0n) is 10.5. The summed E-state index contributed by atoms with van der Waals surface area (Å²) in [5.41, 5.74) is -1.50. The van der Waals surface area contributed by atoms with Crippen molar-refractivity contribution in [1.82, 2.24) is 4.90 Å². The van der Waals surface area contributed by atoms with Gasteiger partial charge in [0.05, 0.1) is 5.60 Å². The van der Waals surface area contributed by atoms with Crippen LogP contribution in [0.4, 0.5) is 13.2 Å². The molecule has 1 N–H and O–H groups in total. The lowest BCUT2D eigenvalue weighted by Gasteiger charge is -2.41. The van der Waals surface area contributed by atoms with E-state index >= 15 is 0 Å². The van der Waals surface area contributed by atoms with Crippen LogP contribution in [-0.4, -0.2) is 29.1 Å². The summed E-state index contributed by atoms with van der Waals surface area (Å²) in [6, 6.07) is 2.26. The Bertz CT molecular complexity index is 508. The molecule has 0 aliphatic carbocycles. The minimum atomic E-state index is -1.50. The molecule has 2 heterocycles. The van der Waals surface area contributed by atoms with E-state index in [1.807, 2.05) is 0 Å². The summed E-state index contributed by atoms with van der Waals surface area (Å²) in [6.07, 6.45) is 2.77. The van der Waals surface area contributed by atoms with E-state index in [9.17, 15) is 18.3 Å². The Kier molecular flexibility index (Phi) is 3.06. The first-order valence-corrected chi connectivity index (χ1v) is 6.62. The van der Waals surface area contributed by atoms with E-state index in [1.165, 1.54) is 6.07 Å². The summed E-state index contributed by atoms with van der Waals surface area (Å²) < 4.78 is 40.1. The van der Waals surface area contributed by atoms with Crippen molar-refractivity contribution in [2.24, 2.45) is 0 Å². The maximum Gasteiger partial charge on any atom is 0.194 e. The zero-order valence-corrected chi connectivity index (χ0v) is 10.5. The molecule has 0 bridgehead atoms. The molecule has 0 spiro atoms. The highest BCUT2D eigenvalue weighted by atomic mass is 19.2. The molecule has 0 amide bonds. The second-order valence-corrected chi connectivity index (χ2v) is 5.54. The summed E-state index contributed by atoms with van der Waals surface area (Å²) in [5, 5.41) is 10.6. The molecule has 2 fully saturated rings. The van der Waals surface area contributed by atoms with E-state index in [0.717, 1.165) is 25.5 Å². The van der Waals surface area contributed by atoms with Crippen LogP contribution in [0.5, 0.6) is 0 Å². The van der Waals surface area contributed by atoms with Gasteiger partial charge in [0.1, 0.15) is 0 Å². The van der Waals surface area contributed by atoms with Gasteiger partial charge in [0.2, 0.25) is 0 Å². The predicted molar refractivity (Wildman–Crippen MR) is 64.0 cm³/mol. The van der Waals surface area contributed by atoms with E-state index in [2.05, 4.69) is 4.90 Å². The Labute approximate surface area is 109 Å². The molecule has 1 aromatic rings. The SMILES string of the molecule is OC1(c2ccc(F)c(F)c2F)CCN2CCCC2C1. The second kappa shape index (κ2) is 4.49. The molecular weight excluding hydrogens is 255 g/mol. The highest BCUT2D eigenvalue weighted by Crippen LogP contribution is 2.40. The summed E-state index contributed by atoms with van der Waals surface area (Å²) in [5.74, 6) is -3.98. The number of hydrogen-bond acceptors (Lipinski definition) is 2. The van der Waals surface area contributed by atoms with Gasteiger partial charge in [0.25, 0.3) is 0 Å². The Morgan fingerprint density at radius 2 is 1.95 bits per heavy atom. The number of aliphatic hydroxyl groups is 1. The third kappa shape index (κ3) is 2.05. The molecule has 2 aliphatic rings. The van der Waals surface area contributed by atoms with Crippen molar-refractivity contribution in [3.63, 3.8) is 0 Å². The van der Waals surface area contributed by atoms with Gasteiger partial charge >= 0.3 is 0 Å². The molecule has 2 atom stereocenters. The van der Waals surface area contributed by atoms with E-state index < -0.39 is 23.1 Å². The predicted octanol–water partition coefficient (Wildman–Crippen LogP) is 2.55. The fourth-order valence-corrected chi connectivity index (χ4v) is 3.37. The Morgan fingerprint density at radius 1 is 1.16 bits per heavy atom. The largest absolute Gasteiger partial charge is 0.385 e. The zero-order chi connectivity index (χ0) is 13.6. The molecule has 104 valence electrons. The average molecular weight is 271 g/mol. The van der Waals surface area contributed by atoms with E-state index in [4.69, 9.17) is 0 Å². The van der Waals surface area contributed by atoms with E-state index in [-0.39, 0.29) is 11.6 Å². The van der Waals surface area contributed by atoms with Gasteiger partial charge in [-0.05, 0) is 38.3 Å². The fraction of sp³-hybridized carbons (Fsp3) is 0.571. The van der Waals surface area contributed by atoms with Crippen LogP contribution < -0.4 is 0 Å². The third-order valence-electron chi connectivity index (χ3n) is 4.42. The number of fused-ring (bicyclic) bond motifs is 1. The lowest BCUT2D eigenvalue weighted by Crippen LogP contribution is -2.46. The first-order chi connectivity index (χ1) is 9.01. The molecule has 5 heteroatoms. The topological polar surface area (TPSA) is 23.5 Å². The van der Waals surface area contributed by atoms with Crippen LogP contribution >= 0.6 is 0 Å². The molecule has 0 radical (unpaired) electrons. The smallest absolute Gasteiger partial charge is 0.194 e. The Balaban J connectivity index is 1.95. The molecule has 19 heavy (non-hydrogen) atoms. The summed E-state index contributed by atoms with van der Waals surface area (Å²) >= 11 is 0. The highest BCUT2D eigenvalue weighted by molar-refractivity contribution is 5.27. The quantitative estimate of drug-likeness (QED) is 0.793. The molecule has 2 saturated heterocycles. The van der Waals surface area contributed by atoms with Crippen LogP contribution in [0.2, 0.25) is 0 Å². The van der Waals surface area contributed by atoms with Crippen LogP contribution in [0, 0.1) is 17.5 Å². The minimum absolute atomic E-state index is 0.113. The first kappa shape index (κ1) is 12.9. The number of rotatable bonds is 1. The maximum absolute atomic E-state index is 13.8. The van der Waals surface area contributed by atoms with Crippen molar-refractivity contribution in [2.75, 3.05) is 13.1 Å². The highest BCUT2D eigenvalue weighted by Gasteiger charge is 2.43. The standard InChI is InChI=1S/C14H16F3NO/c15-11-4-3-10(12(16)13(11)17)14(19)5-7-18-6-1-2-9(18)8-14/h3-4,9,19H,1-2,5-8H2. The van der Waals surface area contributed by atoms with E-state index in [1.54, 1.807) is 0 Å². The van der Waals surface area contributed by atoms with E-state index in [0.29, 0.717) is 19.4 Å². The van der Waals surface area contributed by atoms with Gasteiger partial charge in [-0.1, -0.05) is 6.07 Å². The molecule has 0 aromatic heterocycles. The van der Waals surface area contributed by atoms with Crippen molar-refractivity contribution >= 4 is 0 Å². The van der Waals surface area contributed by atoms with Gasteiger partial charge < -0.3 is 10.0 Å². The third-order valence-corrected chi connectivity index (χ3v) is 4.42. The fourth-order valence-electron chi connectivity index (χ4n) is 3.37. The summed E-state index contributed by atoms with van der Waals surface area (Å²) in [4.78, 5) is 2.27. The molecule has 0 saturated carbocycles. The van der Waals surface area contributed by atoms with Crippen LogP contribution in [0.1, 0.15) is 31.2 Å². The molecule has 1 aromatic carbocycles. The maximum atomic E-state index is 13.8. The Morgan fingerprint density at radius 3 is 2.74 bits per heavy atom. The van der Waals surface area contributed by atoms with Gasteiger partial charge in [-0.3, -0.25) is 0 Å². The average Bonchev–Trinajstić information content (AvgIpc) is 2.82. The number of nitrogens with zero attached hydrogens (tertiary/aromatic N) is 1. The molecule has 2 nitrogen and oxygen atoms in total. The van der Waals surface area contributed by atoms with Crippen LogP contribution in [0.3, 0.4) is 0 Å². The molecular formula is C14H16F3NO. The number of benzene rings is 1. The van der Waals surface area contributed by atoms with Crippen molar-refractivity contribution in [3.8, 4) is 0 Å². The monoisotopic (exact) mass is 271 g/mol. The first-order valence-electron chi connectivity index (χ1n) is 6.62. The second-order valence-electron chi connectivity index (χ2n) is 5.54. The number of hydrogen-bond donors (Lipinski definition) is 1. The van der Waals surface area contributed by atoms with Gasteiger partial charge in [0, 0.05) is 18.2 Å². The van der Waals surface area contributed by atoms with Gasteiger partial charge in [0.15, 0.2) is 17.5 Å². The minimum Gasteiger partial charge on any atom is -0.385 e. The van der Waals surface area contributed by atoms with Crippen molar-refractivity contribution in [3.05, 3.63) is 35.1 Å². The Hall–Kier alpha value is -1.07. The summed E-state index contributed by atoms with van der Waals surface area (Å²) in [7, 11) is 0. The lowest BCUT2D eigenvalue weighted by atomic mass is 9.80. The molecule has 2 unspecified atom stereocenters.